The molecule has 1 aliphatic carbocycles. The Bertz CT molecular complexity index is 1330. The smallest absolute Gasteiger partial charge is 0.274 e. The average Bonchev–Trinajstić information content (AvgIpc) is 3.46. The second-order valence-corrected chi connectivity index (χ2v) is 10.7. The number of carbonyl (C=O) groups is 2. The third kappa shape index (κ3) is 4.71. The zero-order chi connectivity index (χ0) is 26.9. The highest BCUT2D eigenvalue weighted by molar-refractivity contribution is 5.95. The molecule has 2 aliphatic heterocycles. The third-order valence-corrected chi connectivity index (χ3v) is 8.41. The van der Waals surface area contributed by atoms with Crippen molar-refractivity contribution in [2.24, 2.45) is 15.9 Å². The van der Waals surface area contributed by atoms with Gasteiger partial charge in [-0.25, -0.2) is 15.0 Å². The van der Waals surface area contributed by atoms with E-state index in [2.05, 4.69) is 25.5 Å². The molecular weight excluding hydrogens is 482 g/mol. The molecule has 2 fully saturated rings. The number of ether oxygens (including phenoxy) is 1. The number of likely N-dealkylation sites (N-methyl/N-ethyl adjacent to an activating group) is 1. The van der Waals surface area contributed by atoms with Crippen LogP contribution in [0.2, 0.25) is 0 Å². The average molecular weight is 520 g/mol. The number of rotatable bonds is 7. The second-order valence-electron chi connectivity index (χ2n) is 10.7. The summed E-state index contributed by atoms with van der Waals surface area (Å²) in [6.45, 7) is 5.16. The number of likely N-dealkylation sites (tertiary alicyclic amines) is 1. The van der Waals surface area contributed by atoms with Crippen LogP contribution in [0, 0.1) is 12.8 Å². The Labute approximate surface area is 223 Å². The van der Waals surface area contributed by atoms with Crippen LogP contribution in [-0.4, -0.2) is 71.2 Å². The Hall–Kier alpha value is -3.24. The van der Waals surface area contributed by atoms with Gasteiger partial charge in [0, 0.05) is 32.2 Å². The van der Waals surface area contributed by atoms with E-state index >= 15 is 0 Å². The van der Waals surface area contributed by atoms with Crippen molar-refractivity contribution in [1.29, 1.82) is 0 Å². The first-order chi connectivity index (χ1) is 18.3. The summed E-state index contributed by atoms with van der Waals surface area (Å²) >= 11 is 0. The van der Waals surface area contributed by atoms with Crippen molar-refractivity contribution in [2.75, 3.05) is 32.6 Å². The fourth-order valence-electron chi connectivity index (χ4n) is 6.16. The third-order valence-electron chi connectivity index (χ3n) is 8.41. The lowest BCUT2D eigenvalue weighted by Gasteiger charge is -2.46. The van der Waals surface area contributed by atoms with Crippen molar-refractivity contribution in [3.63, 3.8) is 0 Å². The quantitative estimate of drug-likeness (QED) is 0.535. The van der Waals surface area contributed by atoms with Gasteiger partial charge < -0.3 is 20.3 Å². The normalized spacial score (nSPS) is 27.8. The second kappa shape index (κ2) is 10.5. The molecule has 3 aliphatic rings. The van der Waals surface area contributed by atoms with Gasteiger partial charge in [-0.2, -0.15) is 4.98 Å². The summed E-state index contributed by atoms with van der Waals surface area (Å²) in [5.74, 6) is 0.0989. The molecule has 2 aromatic rings. The summed E-state index contributed by atoms with van der Waals surface area (Å²) in [6.07, 6.45) is 4.94. The predicted octanol–water partition coefficient (Wildman–Crippen LogP) is 1.79. The van der Waals surface area contributed by atoms with Crippen LogP contribution in [0.5, 0.6) is 0 Å². The van der Waals surface area contributed by atoms with Crippen molar-refractivity contribution in [3.05, 3.63) is 52.4 Å². The minimum Gasteiger partial charge on any atom is -0.376 e. The molecule has 2 N–H and O–H groups in total. The van der Waals surface area contributed by atoms with Gasteiger partial charge in [0.25, 0.3) is 11.8 Å². The van der Waals surface area contributed by atoms with Crippen LogP contribution in [0.25, 0.3) is 0 Å². The van der Waals surface area contributed by atoms with Crippen molar-refractivity contribution >= 4 is 17.8 Å². The molecule has 38 heavy (non-hydrogen) atoms. The van der Waals surface area contributed by atoms with Gasteiger partial charge in [0.15, 0.2) is 5.49 Å². The number of benzene rings is 1. The molecule has 3 atom stereocenters. The molecule has 1 aromatic heterocycles. The van der Waals surface area contributed by atoms with E-state index in [1.165, 1.54) is 0 Å². The molecule has 0 radical (unpaired) electrons. The molecule has 1 saturated carbocycles. The molecule has 2 amide bonds. The Morgan fingerprint density at radius 3 is 2.61 bits per heavy atom. The number of amides is 2. The zero-order valence-corrected chi connectivity index (χ0v) is 22.7. The van der Waals surface area contributed by atoms with Gasteiger partial charge in [-0.05, 0) is 51.3 Å². The fourth-order valence-corrected chi connectivity index (χ4v) is 6.16. The Morgan fingerprint density at radius 2 is 1.92 bits per heavy atom. The summed E-state index contributed by atoms with van der Waals surface area (Å²) in [6, 6.07) is 9.12. The standard InChI is InChI=1S/C28H37N7O3/c1-5-27(20-13-9-10-14-20)25(37)30-22-18(2)29-26(31-23(22)32-27)34-28(15-16-35(3)17-21(28)38-4)33-24(36)19-11-7-6-8-12-19/h6-8,11-12,20-21H,5,9-10,13-17H2,1-4H3,(H,33,36)(H,31,32,34)/t21?,27-,28?/m1/s1. The lowest BCUT2D eigenvalue weighted by Crippen LogP contribution is -2.68. The van der Waals surface area contributed by atoms with E-state index in [0.29, 0.717) is 47.4 Å². The van der Waals surface area contributed by atoms with E-state index < -0.39 is 11.2 Å². The molecule has 10 heteroatoms. The van der Waals surface area contributed by atoms with Crippen LogP contribution in [0.1, 0.15) is 61.5 Å². The maximum absolute atomic E-state index is 13.3. The highest BCUT2D eigenvalue weighted by Gasteiger charge is 2.47. The summed E-state index contributed by atoms with van der Waals surface area (Å²) in [4.78, 5) is 47.6. The molecule has 0 spiro atoms. The first-order valence-corrected chi connectivity index (χ1v) is 13.5. The first kappa shape index (κ1) is 26.4. The van der Waals surface area contributed by atoms with E-state index in [9.17, 15) is 9.59 Å². The molecule has 10 nitrogen and oxygen atoms in total. The van der Waals surface area contributed by atoms with Crippen LogP contribution >= 0.6 is 0 Å². The van der Waals surface area contributed by atoms with Crippen molar-refractivity contribution in [3.8, 4) is 0 Å². The minimum atomic E-state index is -0.955. The molecule has 5 rings (SSSR count). The van der Waals surface area contributed by atoms with Gasteiger partial charge in [0.2, 0.25) is 5.95 Å². The maximum Gasteiger partial charge on any atom is 0.274 e. The predicted molar refractivity (Wildman–Crippen MR) is 142 cm³/mol. The van der Waals surface area contributed by atoms with E-state index in [1.54, 1.807) is 19.2 Å². The van der Waals surface area contributed by atoms with Gasteiger partial charge in [-0.15, -0.1) is 0 Å². The molecule has 0 bridgehead atoms. The number of methoxy groups -OCH3 is 1. The molecule has 3 heterocycles. The molecule has 2 unspecified atom stereocenters. The zero-order valence-electron chi connectivity index (χ0n) is 22.7. The van der Waals surface area contributed by atoms with Crippen LogP contribution in [-0.2, 0) is 9.53 Å². The van der Waals surface area contributed by atoms with E-state index in [0.717, 1.165) is 32.2 Å². The number of hydrogen-bond acceptors (Lipinski definition) is 8. The Balaban J connectivity index is 1.56. The maximum atomic E-state index is 13.3. The number of anilines is 1. The van der Waals surface area contributed by atoms with Crippen molar-refractivity contribution in [2.45, 2.75) is 69.7 Å². The Kier molecular flexibility index (Phi) is 7.28. The monoisotopic (exact) mass is 519 g/mol. The number of aryl methyl sites for hydroxylation is 1. The summed E-state index contributed by atoms with van der Waals surface area (Å²) in [5.41, 5.74) is -0.272. The van der Waals surface area contributed by atoms with E-state index in [1.807, 2.05) is 39.1 Å². The first-order valence-electron chi connectivity index (χ1n) is 13.5. The van der Waals surface area contributed by atoms with Crippen LogP contribution < -0.4 is 21.5 Å². The highest BCUT2D eigenvalue weighted by atomic mass is 16.5. The minimum absolute atomic E-state index is 0.173. The van der Waals surface area contributed by atoms with E-state index in [-0.39, 0.29) is 23.8 Å². The highest BCUT2D eigenvalue weighted by Crippen LogP contribution is 2.39. The topological polar surface area (TPSA) is 121 Å². The molecule has 1 saturated heterocycles. The largest absolute Gasteiger partial charge is 0.376 e. The number of hydrogen-bond donors (Lipinski definition) is 2. The summed E-state index contributed by atoms with van der Waals surface area (Å²) < 4.78 is 5.90. The van der Waals surface area contributed by atoms with Gasteiger partial charge in [0.1, 0.15) is 22.7 Å². The number of carbonyl (C=O) groups excluding carboxylic acids is 2. The van der Waals surface area contributed by atoms with Crippen molar-refractivity contribution in [1.82, 2.24) is 20.2 Å². The number of piperidine rings is 1. The van der Waals surface area contributed by atoms with Gasteiger partial charge >= 0.3 is 0 Å². The van der Waals surface area contributed by atoms with E-state index in [4.69, 9.17) is 14.7 Å². The number of fused-ring (bicyclic) bond motifs is 1. The molecule has 202 valence electrons. The molecule has 1 aromatic carbocycles. The fraction of sp³-hybridized carbons (Fsp3) is 0.571. The van der Waals surface area contributed by atoms with Crippen LogP contribution in [0.3, 0.4) is 0 Å². The van der Waals surface area contributed by atoms with Gasteiger partial charge in [-0.1, -0.05) is 38.0 Å². The van der Waals surface area contributed by atoms with Crippen LogP contribution in [0.15, 0.2) is 40.3 Å². The number of nitrogens with one attached hydrogen (secondary N) is 2. The van der Waals surface area contributed by atoms with Crippen LogP contribution in [0.4, 0.5) is 5.95 Å². The molecular formula is C28H37N7O3. The van der Waals surface area contributed by atoms with Gasteiger partial charge in [0.05, 0.1) is 5.69 Å². The SMILES string of the molecule is CC[C@]1(C2CCCC2)N=c2nc(NC3(NC(=O)c4ccccc4)CCN(C)CC3OC)nc(C)c2=NC1=O. The summed E-state index contributed by atoms with van der Waals surface area (Å²) in [5, 5.41) is 7.08. The lowest BCUT2D eigenvalue weighted by molar-refractivity contribution is -0.125. The Morgan fingerprint density at radius 1 is 1.18 bits per heavy atom. The summed E-state index contributed by atoms with van der Waals surface area (Å²) in [7, 11) is 3.67. The van der Waals surface area contributed by atoms with Crippen molar-refractivity contribution < 1.29 is 14.3 Å². The number of nitrogens with zero attached hydrogens (tertiary/aromatic N) is 5. The van der Waals surface area contributed by atoms with Gasteiger partial charge in [-0.3, -0.25) is 9.59 Å². The number of aromatic nitrogens is 2. The lowest BCUT2D eigenvalue weighted by atomic mass is 9.79.